The monoisotopic (exact) mass is 334 g/mol. The van der Waals surface area contributed by atoms with Crippen LogP contribution in [0.1, 0.15) is 37.6 Å². The van der Waals surface area contributed by atoms with Crippen molar-refractivity contribution in [1.29, 1.82) is 0 Å². The normalized spacial score (nSPS) is 20.0. The molecule has 0 unspecified atom stereocenters. The highest BCUT2D eigenvalue weighted by Gasteiger charge is 2.24. The van der Waals surface area contributed by atoms with E-state index in [2.05, 4.69) is 10.6 Å². The molecule has 0 radical (unpaired) electrons. The third-order valence-corrected chi connectivity index (χ3v) is 3.87. The van der Waals surface area contributed by atoms with E-state index in [0.29, 0.717) is 12.1 Å². The molecule has 5 nitrogen and oxygen atoms in total. The van der Waals surface area contributed by atoms with Gasteiger partial charge < -0.3 is 15.7 Å². The first-order valence-electron chi connectivity index (χ1n) is 7.91. The van der Waals surface area contributed by atoms with Crippen LogP contribution in [0.5, 0.6) is 0 Å². The summed E-state index contributed by atoms with van der Waals surface area (Å²) in [7, 11) is 0. The molecule has 2 amide bonds. The molecule has 0 heterocycles. The van der Waals surface area contributed by atoms with E-state index in [1.807, 2.05) is 6.08 Å². The number of halogens is 1. The largest absolute Gasteiger partial charge is 0.396 e. The zero-order chi connectivity index (χ0) is 17.9. The molecule has 0 aromatic heterocycles. The van der Waals surface area contributed by atoms with E-state index in [-0.39, 0.29) is 30.0 Å². The van der Waals surface area contributed by atoms with Gasteiger partial charge in [-0.3, -0.25) is 9.59 Å². The zero-order valence-electron chi connectivity index (χ0n) is 14.1. The van der Waals surface area contributed by atoms with Crippen LogP contribution in [-0.2, 0) is 4.79 Å². The lowest BCUT2D eigenvalue weighted by Gasteiger charge is -2.18. The number of hydrogen-bond donors (Lipinski definition) is 3. The van der Waals surface area contributed by atoms with E-state index in [1.165, 1.54) is 12.1 Å². The predicted octanol–water partition coefficient (Wildman–Crippen LogP) is 2.48. The smallest absolute Gasteiger partial charge is 0.254 e. The van der Waals surface area contributed by atoms with E-state index in [1.54, 1.807) is 26.8 Å². The molecule has 1 aromatic carbocycles. The first kappa shape index (κ1) is 18.1. The summed E-state index contributed by atoms with van der Waals surface area (Å²) in [6.07, 6.45) is 4.22. The lowest BCUT2D eigenvalue weighted by molar-refractivity contribution is -0.123. The number of anilines is 1. The van der Waals surface area contributed by atoms with Crippen LogP contribution in [0.25, 0.3) is 0 Å². The number of aliphatic hydroxyl groups excluding tert-OH is 1. The Hall–Kier alpha value is -2.21. The van der Waals surface area contributed by atoms with Crippen LogP contribution in [0.4, 0.5) is 10.1 Å². The second-order valence-corrected chi connectivity index (χ2v) is 7.04. The van der Waals surface area contributed by atoms with Gasteiger partial charge in [-0.25, -0.2) is 4.39 Å². The fraction of sp³-hybridized carbons (Fsp3) is 0.444. The number of benzene rings is 1. The second kappa shape index (κ2) is 7.13. The van der Waals surface area contributed by atoms with Crippen molar-refractivity contribution in [3.05, 3.63) is 41.7 Å². The van der Waals surface area contributed by atoms with Crippen LogP contribution < -0.4 is 10.6 Å². The number of nitrogens with one attached hydrogen (secondary N) is 2. The van der Waals surface area contributed by atoms with Crippen LogP contribution in [0.2, 0.25) is 0 Å². The van der Waals surface area contributed by atoms with Gasteiger partial charge in [0.25, 0.3) is 5.91 Å². The average Bonchev–Trinajstić information content (AvgIpc) is 2.95. The molecule has 3 N–H and O–H groups in total. The summed E-state index contributed by atoms with van der Waals surface area (Å²) in [5.41, 5.74) is -0.343. The number of carbonyl (C=O) groups is 2. The van der Waals surface area contributed by atoms with Crippen molar-refractivity contribution in [3.63, 3.8) is 0 Å². The molecule has 0 saturated heterocycles. The summed E-state index contributed by atoms with van der Waals surface area (Å²) in [4.78, 5) is 24.3. The van der Waals surface area contributed by atoms with E-state index in [0.717, 1.165) is 6.07 Å². The number of aliphatic hydroxyl groups is 1. The maximum Gasteiger partial charge on any atom is 0.254 e. The summed E-state index contributed by atoms with van der Waals surface area (Å²) in [5.74, 6) is -1.41. The van der Waals surface area contributed by atoms with E-state index < -0.39 is 17.1 Å². The zero-order valence-corrected chi connectivity index (χ0v) is 14.1. The van der Waals surface area contributed by atoms with E-state index >= 15 is 0 Å². The van der Waals surface area contributed by atoms with Gasteiger partial charge >= 0.3 is 0 Å². The molecule has 2 rings (SSSR count). The van der Waals surface area contributed by atoms with Gasteiger partial charge in [-0.15, -0.1) is 0 Å². The molecule has 130 valence electrons. The first-order valence-corrected chi connectivity index (χ1v) is 7.91. The molecule has 0 saturated carbocycles. The Morgan fingerprint density at radius 1 is 1.29 bits per heavy atom. The molecule has 6 heteroatoms. The summed E-state index contributed by atoms with van der Waals surface area (Å²) in [5, 5.41) is 14.5. The number of amides is 2. The molecular weight excluding hydrogens is 311 g/mol. The van der Waals surface area contributed by atoms with Gasteiger partial charge in [0.05, 0.1) is 5.56 Å². The van der Waals surface area contributed by atoms with Crippen LogP contribution in [0, 0.1) is 17.2 Å². The molecule has 1 aliphatic carbocycles. The average molecular weight is 334 g/mol. The Kier molecular flexibility index (Phi) is 5.39. The molecule has 24 heavy (non-hydrogen) atoms. The van der Waals surface area contributed by atoms with Crippen molar-refractivity contribution in [2.24, 2.45) is 11.3 Å². The summed E-state index contributed by atoms with van der Waals surface area (Å²) < 4.78 is 14.0. The lowest BCUT2D eigenvalue weighted by atomic mass is 9.95. The minimum absolute atomic E-state index is 0.0116. The van der Waals surface area contributed by atoms with Gasteiger partial charge in [-0.2, -0.15) is 0 Å². The van der Waals surface area contributed by atoms with Gasteiger partial charge in [0.2, 0.25) is 5.91 Å². The Morgan fingerprint density at radius 2 is 2.00 bits per heavy atom. The van der Waals surface area contributed by atoms with Crippen LogP contribution in [0.3, 0.4) is 0 Å². The Bertz CT molecular complexity index is 665. The van der Waals surface area contributed by atoms with E-state index in [4.69, 9.17) is 5.11 Å². The van der Waals surface area contributed by atoms with E-state index in [9.17, 15) is 14.0 Å². The van der Waals surface area contributed by atoms with Crippen molar-refractivity contribution in [3.8, 4) is 0 Å². The van der Waals surface area contributed by atoms with Gasteiger partial charge in [-0.05, 0) is 24.6 Å². The van der Waals surface area contributed by atoms with Crippen LogP contribution in [-0.4, -0.2) is 29.6 Å². The highest BCUT2D eigenvalue weighted by Crippen LogP contribution is 2.21. The van der Waals surface area contributed by atoms with Crippen molar-refractivity contribution < 1.29 is 19.1 Å². The van der Waals surface area contributed by atoms with Gasteiger partial charge in [0.1, 0.15) is 5.82 Å². The number of rotatable bonds is 4. The van der Waals surface area contributed by atoms with Crippen molar-refractivity contribution >= 4 is 17.5 Å². The molecule has 0 aliphatic heterocycles. The molecule has 1 aliphatic rings. The number of hydrogen-bond acceptors (Lipinski definition) is 3. The Morgan fingerprint density at radius 3 is 2.58 bits per heavy atom. The Labute approximate surface area is 140 Å². The first-order chi connectivity index (χ1) is 11.2. The lowest BCUT2D eigenvalue weighted by Crippen LogP contribution is -2.33. The van der Waals surface area contributed by atoms with Gasteiger partial charge in [-0.1, -0.05) is 32.9 Å². The quantitative estimate of drug-likeness (QED) is 0.740. The highest BCUT2D eigenvalue weighted by molar-refractivity contribution is 5.98. The highest BCUT2D eigenvalue weighted by atomic mass is 19.1. The molecule has 0 bridgehead atoms. The third kappa shape index (κ3) is 4.41. The van der Waals surface area contributed by atoms with Crippen LogP contribution in [0.15, 0.2) is 30.4 Å². The fourth-order valence-corrected chi connectivity index (χ4v) is 2.36. The van der Waals surface area contributed by atoms with Gasteiger partial charge in [0.15, 0.2) is 0 Å². The van der Waals surface area contributed by atoms with Crippen molar-refractivity contribution in [2.75, 3.05) is 11.9 Å². The van der Waals surface area contributed by atoms with Gasteiger partial charge in [0, 0.05) is 29.7 Å². The molecular formula is C18H23FN2O3. The predicted molar refractivity (Wildman–Crippen MR) is 90.1 cm³/mol. The third-order valence-electron chi connectivity index (χ3n) is 3.87. The standard InChI is InChI=1S/C18H23FN2O3/c1-18(2,3)17(24)21-13-6-7-15(19)14(9-13)16(23)20-12-5-4-11(8-12)10-22/h4-7,9,11-12,22H,8,10H2,1-3H3,(H,20,23)(H,21,24)/t11-,12+/m0/s1. The second-order valence-electron chi connectivity index (χ2n) is 7.04. The Balaban J connectivity index is 2.09. The minimum atomic E-state index is -0.651. The fourth-order valence-electron chi connectivity index (χ4n) is 2.36. The maximum atomic E-state index is 14.0. The maximum absolute atomic E-state index is 14.0. The topological polar surface area (TPSA) is 78.4 Å². The van der Waals surface area contributed by atoms with Crippen molar-refractivity contribution in [1.82, 2.24) is 5.32 Å². The molecule has 1 aromatic rings. The molecule has 0 fully saturated rings. The summed E-state index contributed by atoms with van der Waals surface area (Å²) in [6.45, 7) is 5.32. The molecule has 0 spiro atoms. The van der Waals surface area contributed by atoms with Crippen LogP contribution >= 0.6 is 0 Å². The number of carbonyl (C=O) groups excluding carboxylic acids is 2. The summed E-state index contributed by atoms with van der Waals surface area (Å²) in [6, 6.07) is 3.68. The summed E-state index contributed by atoms with van der Waals surface area (Å²) >= 11 is 0. The van der Waals surface area contributed by atoms with Crippen molar-refractivity contribution in [2.45, 2.75) is 33.2 Å². The molecule has 2 atom stereocenters. The SMILES string of the molecule is CC(C)(C)C(=O)Nc1ccc(F)c(C(=O)N[C@@H]2C=C[C@H](CO)C2)c1. The minimum Gasteiger partial charge on any atom is -0.396 e.